The molecule has 0 aliphatic carbocycles. The van der Waals surface area contributed by atoms with E-state index in [-0.39, 0.29) is 5.91 Å². The van der Waals surface area contributed by atoms with Crippen LogP contribution in [0, 0.1) is 0 Å². The van der Waals surface area contributed by atoms with E-state index < -0.39 is 5.97 Å². The molecular weight excluding hydrogens is 292 g/mol. The van der Waals surface area contributed by atoms with Gasteiger partial charge >= 0.3 is 5.97 Å². The first-order valence-electron chi connectivity index (χ1n) is 7.49. The number of hydrazine groups is 1. The molecule has 5 heteroatoms. The van der Waals surface area contributed by atoms with Crippen molar-refractivity contribution in [2.45, 2.75) is 27.7 Å². The molecule has 4 N–H and O–H groups in total. The number of carboxylic acids is 1. The summed E-state index contributed by atoms with van der Waals surface area (Å²) in [6, 6.07) is 17.1. The van der Waals surface area contributed by atoms with Crippen LogP contribution in [0.2, 0.25) is 0 Å². The lowest BCUT2D eigenvalue weighted by molar-refractivity contribution is 0.0696. The molecule has 0 unspecified atom stereocenters. The Morgan fingerprint density at radius 1 is 0.783 bits per heavy atom. The maximum Gasteiger partial charge on any atom is 0.335 e. The van der Waals surface area contributed by atoms with E-state index in [1.54, 1.807) is 54.6 Å². The fraction of sp³-hybridized carbons (Fsp3) is 0.222. The lowest BCUT2D eigenvalue weighted by Gasteiger charge is -1.95. The molecule has 126 valence electrons. The number of nitrogens with one attached hydrogen (secondary N) is 1. The largest absolute Gasteiger partial charge is 0.478 e. The minimum atomic E-state index is -0.879. The summed E-state index contributed by atoms with van der Waals surface area (Å²) in [5.74, 6) is 3.76. The summed E-state index contributed by atoms with van der Waals surface area (Å²) < 4.78 is 0. The number of hydrogen-bond acceptors (Lipinski definition) is 3. The van der Waals surface area contributed by atoms with Crippen molar-refractivity contribution in [1.29, 1.82) is 0 Å². The molecule has 0 fully saturated rings. The number of carbonyl (C=O) groups is 2. The number of benzene rings is 2. The van der Waals surface area contributed by atoms with Crippen molar-refractivity contribution in [3.63, 3.8) is 0 Å². The van der Waals surface area contributed by atoms with Crippen LogP contribution in [0.5, 0.6) is 0 Å². The van der Waals surface area contributed by atoms with Crippen molar-refractivity contribution in [1.82, 2.24) is 5.43 Å². The maximum atomic E-state index is 10.8. The lowest BCUT2D eigenvalue weighted by atomic mass is 10.2. The molecule has 0 heterocycles. The van der Waals surface area contributed by atoms with Gasteiger partial charge in [0.15, 0.2) is 0 Å². The average molecular weight is 318 g/mol. The molecule has 0 aromatic heterocycles. The van der Waals surface area contributed by atoms with Gasteiger partial charge in [-0.05, 0) is 24.3 Å². The number of hydrogen-bond donors (Lipinski definition) is 3. The predicted molar refractivity (Wildman–Crippen MR) is 94.2 cm³/mol. The monoisotopic (exact) mass is 318 g/mol. The summed E-state index contributed by atoms with van der Waals surface area (Å²) in [7, 11) is 0. The van der Waals surface area contributed by atoms with Crippen molar-refractivity contribution in [3.05, 3.63) is 71.8 Å². The molecule has 1 amide bonds. The van der Waals surface area contributed by atoms with Gasteiger partial charge in [0, 0.05) is 5.56 Å². The van der Waals surface area contributed by atoms with Gasteiger partial charge in [-0.3, -0.25) is 10.2 Å². The van der Waals surface area contributed by atoms with Gasteiger partial charge in [0.1, 0.15) is 0 Å². The molecule has 0 spiro atoms. The fourth-order valence-corrected chi connectivity index (χ4v) is 1.25. The molecule has 0 aliphatic heterocycles. The Bertz CT molecular complexity index is 528. The highest BCUT2D eigenvalue weighted by Gasteiger charge is 1.98. The molecule has 0 radical (unpaired) electrons. The van der Waals surface area contributed by atoms with Crippen LogP contribution < -0.4 is 11.3 Å². The zero-order valence-electron chi connectivity index (χ0n) is 14.1. The van der Waals surface area contributed by atoms with Gasteiger partial charge in [-0.2, -0.15) is 0 Å². The quantitative estimate of drug-likeness (QED) is 0.447. The van der Waals surface area contributed by atoms with Gasteiger partial charge in [-0.25, -0.2) is 10.6 Å². The van der Waals surface area contributed by atoms with Crippen molar-refractivity contribution in [2.75, 3.05) is 0 Å². The minimum Gasteiger partial charge on any atom is -0.478 e. The Hall–Kier alpha value is -2.66. The van der Waals surface area contributed by atoms with E-state index in [1.807, 2.05) is 39.2 Å². The van der Waals surface area contributed by atoms with Gasteiger partial charge in [0.2, 0.25) is 0 Å². The number of carboxylic acid groups (broad SMARTS) is 1. The number of carbonyl (C=O) groups excluding carboxylic acids is 1. The first-order chi connectivity index (χ1) is 11.1. The van der Waals surface area contributed by atoms with Crippen LogP contribution in [-0.2, 0) is 0 Å². The Labute approximate surface area is 138 Å². The van der Waals surface area contributed by atoms with E-state index in [0.29, 0.717) is 11.1 Å². The molecule has 2 aromatic rings. The molecule has 2 rings (SSSR count). The molecule has 2 aromatic carbocycles. The minimum absolute atomic E-state index is 0.263. The second-order valence-electron chi connectivity index (χ2n) is 3.51. The number of nitrogen functional groups attached to an aromatic ring is 1. The third-order valence-corrected chi connectivity index (χ3v) is 2.19. The van der Waals surface area contributed by atoms with Gasteiger partial charge < -0.3 is 5.11 Å². The normalized spacial score (nSPS) is 7.87. The summed E-state index contributed by atoms with van der Waals surface area (Å²) in [6.07, 6.45) is 0. The van der Waals surface area contributed by atoms with Crippen molar-refractivity contribution < 1.29 is 14.7 Å². The zero-order valence-corrected chi connectivity index (χ0v) is 14.1. The van der Waals surface area contributed by atoms with Crippen molar-refractivity contribution >= 4 is 11.9 Å². The van der Waals surface area contributed by atoms with Crippen LogP contribution in [0.3, 0.4) is 0 Å². The highest BCUT2D eigenvalue weighted by atomic mass is 16.4. The van der Waals surface area contributed by atoms with Crippen LogP contribution in [0.15, 0.2) is 60.7 Å². The molecule has 0 aliphatic rings. The Kier molecular flexibility index (Phi) is 15.5. The number of nitrogens with two attached hydrogens (primary N) is 1. The molecular formula is C18H26N2O3. The van der Waals surface area contributed by atoms with Gasteiger partial charge in [0.05, 0.1) is 5.56 Å². The topological polar surface area (TPSA) is 92.4 Å². The number of amides is 1. The SMILES string of the molecule is CC.CC.NNC(=O)c1ccccc1.O=C(O)c1ccccc1. The van der Waals surface area contributed by atoms with E-state index >= 15 is 0 Å². The van der Waals surface area contributed by atoms with E-state index in [0.717, 1.165) is 0 Å². The maximum absolute atomic E-state index is 10.8. The number of rotatable bonds is 2. The molecule has 0 bridgehead atoms. The Morgan fingerprint density at radius 3 is 1.39 bits per heavy atom. The Morgan fingerprint density at radius 2 is 1.13 bits per heavy atom. The Balaban J connectivity index is 0. The third-order valence-electron chi connectivity index (χ3n) is 2.19. The van der Waals surface area contributed by atoms with Crippen LogP contribution in [-0.4, -0.2) is 17.0 Å². The van der Waals surface area contributed by atoms with Crippen LogP contribution in [0.25, 0.3) is 0 Å². The predicted octanol–water partition coefficient (Wildman–Crippen LogP) is 3.73. The van der Waals surface area contributed by atoms with E-state index in [2.05, 4.69) is 0 Å². The zero-order chi connectivity index (χ0) is 18.1. The second kappa shape index (κ2) is 15.7. The fourth-order valence-electron chi connectivity index (χ4n) is 1.25. The lowest BCUT2D eigenvalue weighted by Crippen LogP contribution is -2.29. The summed E-state index contributed by atoms with van der Waals surface area (Å²) in [4.78, 5) is 21.0. The highest BCUT2D eigenvalue weighted by Crippen LogP contribution is 1.96. The van der Waals surface area contributed by atoms with E-state index in [4.69, 9.17) is 10.9 Å². The van der Waals surface area contributed by atoms with Gasteiger partial charge in [-0.1, -0.05) is 64.1 Å². The van der Waals surface area contributed by atoms with Crippen LogP contribution in [0.4, 0.5) is 0 Å². The molecule has 0 saturated carbocycles. The highest BCUT2D eigenvalue weighted by molar-refractivity contribution is 5.93. The summed E-state index contributed by atoms with van der Waals surface area (Å²) in [5, 5.41) is 8.38. The van der Waals surface area contributed by atoms with Gasteiger partial charge in [0.25, 0.3) is 5.91 Å². The second-order valence-corrected chi connectivity index (χ2v) is 3.51. The molecule has 0 atom stereocenters. The van der Waals surface area contributed by atoms with E-state index in [1.165, 1.54) is 0 Å². The standard InChI is InChI=1S/C7H8N2O.C7H6O2.2C2H6/c8-9-7(10)6-4-2-1-3-5-6;8-7(9)6-4-2-1-3-5-6;2*1-2/h1-5H,8H2,(H,9,10);1-5H,(H,8,9);2*1-2H3. The van der Waals surface area contributed by atoms with Crippen LogP contribution in [0.1, 0.15) is 48.4 Å². The number of aromatic carboxylic acids is 1. The third kappa shape index (κ3) is 10.7. The molecule has 0 saturated heterocycles. The first kappa shape index (κ1) is 22.6. The first-order valence-corrected chi connectivity index (χ1v) is 7.49. The summed E-state index contributed by atoms with van der Waals surface area (Å²) in [5.41, 5.74) is 2.95. The smallest absolute Gasteiger partial charge is 0.335 e. The van der Waals surface area contributed by atoms with Gasteiger partial charge in [-0.15, -0.1) is 0 Å². The summed E-state index contributed by atoms with van der Waals surface area (Å²) in [6.45, 7) is 8.00. The summed E-state index contributed by atoms with van der Waals surface area (Å²) >= 11 is 0. The average Bonchev–Trinajstić information content (AvgIpc) is 2.66. The van der Waals surface area contributed by atoms with Crippen molar-refractivity contribution in [3.8, 4) is 0 Å². The van der Waals surface area contributed by atoms with Crippen molar-refractivity contribution in [2.24, 2.45) is 5.84 Å². The van der Waals surface area contributed by atoms with Crippen LogP contribution >= 0.6 is 0 Å². The molecule has 5 nitrogen and oxygen atoms in total. The molecule has 23 heavy (non-hydrogen) atoms. The van der Waals surface area contributed by atoms with E-state index in [9.17, 15) is 9.59 Å².